The summed E-state index contributed by atoms with van der Waals surface area (Å²) in [5.41, 5.74) is -0.152. The summed E-state index contributed by atoms with van der Waals surface area (Å²) >= 11 is 0. The van der Waals surface area contributed by atoms with Crippen molar-refractivity contribution in [2.75, 3.05) is 32.8 Å². The Bertz CT molecular complexity index is 2630. The SMILES string of the molecule is C=CCNC(=O)C1C2C(=O)OC(c3ccccc3)C(c3ccccc3)N2C(c2ccc(O)cc2)C12C(=O)N(C(=O)NC(C(=O)OC)C(C)C)c1ccc(C#CCC(C(=O)OC)C(=O)OC)cc12. The lowest BCUT2D eigenvalue weighted by molar-refractivity contribution is -0.178. The van der Waals surface area contributed by atoms with Gasteiger partial charge in [-0.2, -0.15) is 0 Å². The number of anilines is 1. The largest absolute Gasteiger partial charge is 0.508 e. The predicted octanol–water partition coefficient (Wildman–Crippen LogP) is 4.97. The van der Waals surface area contributed by atoms with E-state index in [2.05, 4.69) is 29.1 Å². The Balaban J connectivity index is 1.56. The summed E-state index contributed by atoms with van der Waals surface area (Å²) in [6.07, 6.45) is 0.137. The molecule has 3 heterocycles. The van der Waals surface area contributed by atoms with Crippen molar-refractivity contribution in [3.8, 4) is 17.6 Å². The molecule has 3 aliphatic heterocycles. The quantitative estimate of drug-likeness (QED) is 0.0565. The maximum atomic E-state index is 16.3. The first kappa shape index (κ1) is 47.2. The Morgan fingerprint density at radius 2 is 1.43 bits per heavy atom. The monoisotopic (exact) mass is 910 g/mol. The number of esters is 4. The maximum absolute atomic E-state index is 16.3. The molecule has 0 aliphatic carbocycles. The van der Waals surface area contributed by atoms with Crippen molar-refractivity contribution in [3.05, 3.63) is 144 Å². The van der Waals surface area contributed by atoms with Gasteiger partial charge in [0.1, 0.15) is 29.4 Å². The smallest absolute Gasteiger partial charge is 0.329 e. The zero-order valence-electron chi connectivity index (χ0n) is 37.5. The third-order valence-electron chi connectivity index (χ3n) is 12.5. The van der Waals surface area contributed by atoms with Crippen LogP contribution < -0.4 is 15.5 Å². The molecule has 4 aromatic carbocycles. The van der Waals surface area contributed by atoms with E-state index in [0.29, 0.717) is 16.7 Å². The van der Waals surface area contributed by atoms with Crippen molar-refractivity contribution in [1.29, 1.82) is 0 Å². The molecule has 16 heteroatoms. The van der Waals surface area contributed by atoms with Crippen LogP contribution in [0, 0.1) is 29.6 Å². The molecule has 4 amide bonds. The van der Waals surface area contributed by atoms with Crippen molar-refractivity contribution in [3.63, 3.8) is 0 Å². The molecular formula is C51H50N4O12. The molecular weight excluding hydrogens is 861 g/mol. The minimum absolute atomic E-state index is 0.0109. The second-order valence-corrected chi connectivity index (χ2v) is 16.6. The van der Waals surface area contributed by atoms with Crippen molar-refractivity contribution in [1.82, 2.24) is 15.5 Å². The number of aromatic hydroxyl groups is 1. The van der Waals surface area contributed by atoms with Gasteiger partial charge in [-0.25, -0.2) is 14.5 Å². The molecule has 7 atom stereocenters. The van der Waals surface area contributed by atoms with Gasteiger partial charge in [-0.1, -0.05) is 105 Å². The molecule has 346 valence electrons. The molecule has 0 aromatic heterocycles. The predicted molar refractivity (Wildman–Crippen MR) is 241 cm³/mol. The normalized spacial score (nSPS) is 22.1. The first-order valence-electron chi connectivity index (χ1n) is 21.5. The molecule has 0 radical (unpaired) electrons. The number of carbonyl (C=O) groups is 7. The number of morpholine rings is 1. The number of hydrogen-bond acceptors (Lipinski definition) is 13. The summed E-state index contributed by atoms with van der Waals surface area (Å²) in [4.78, 5) is 102. The van der Waals surface area contributed by atoms with E-state index < -0.39 is 95.2 Å². The van der Waals surface area contributed by atoms with Crippen LogP contribution in [0.25, 0.3) is 0 Å². The molecule has 2 fully saturated rings. The highest BCUT2D eigenvalue weighted by molar-refractivity contribution is 6.25. The number of rotatable bonds is 12. The Morgan fingerprint density at radius 1 is 0.821 bits per heavy atom. The second-order valence-electron chi connectivity index (χ2n) is 16.6. The molecule has 67 heavy (non-hydrogen) atoms. The number of nitrogens with one attached hydrogen (secondary N) is 2. The van der Waals surface area contributed by atoms with Crippen LogP contribution in [0.15, 0.2) is 116 Å². The van der Waals surface area contributed by atoms with Gasteiger partial charge < -0.3 is 34.7 Å². The Labute approximate surface area is 387 Å². The van der Waals surface area contributed by atoms with E-state index in [4.69, 9.17) is 18.9 Å². The number of fused-ring (bicyclic) bond motifs is 3. The fourth-order valence-electron chi connectivity index (χ4n) is 9.55. The number of hydrogen-bond donors (Lipinski definition) is 3. The van der Waals surface area contributed by atoms with Gasteiger partial charge in [-0.3, -0.25) is 28.9 Å². The zero-order valence-corrected chi connectivity index (χ0v) is 37.5. The summed E-state index contributed by atoms with van der Waals surface area (Å²) in [5.74, 6) is -2.82. The number of ether oxygens (including phenoxy) is 4. The zero-order chi connectivity index (χ0) is 48.2. The van der Waals surface area contributed by atoms with Gasteiger partial charge in [0.15, 0.2) is 5.92 Å². The summed E-state index contributed by atoms with van der Waals surface area (Å²) < 4.78 is 21.1. The molecule has 2 saturated heterocycles. The first-order valence-corrected chi connectivity index (χ1v) is 21.5. The number of amides is 4. The van der Waals surface area contributed by atoms with Gasteiger partial charge in [-0.15, -0.1) is 6.58 Å². The molecule has 16 nitrogen and oxygen atoms in total. The molecule has 4 aromatic rings. The highest BCUT2D eigenvalue weighted by atomic mass is 16.6. The fourth-order valence-corrected chi connectivity index (χ4v) is 9.55. The van der Waals surface area contributed by atoms with Gasteiger partial charge in [0, 0.05) is 18.5 Å². The van der Waals surface area contributed by atoms with Gasteiger partial charge >= 0.3 is 29.9 Å². The minimum atomic E-state index is -2.19. The van der Waals surface area contributed by atoms with Crippen LogP contribution in [0.1, 0.15) is 66.3 Å². The first-order chi connectivity index (χ1) is 32.2. The van der Waals surface area contributed by atoms with Crippen molar-refractivity contribution in [2.45, 2.75) is 56.0 Å². The Morgan fingerprint density at radius 3 is 2.01 bits per heavy atom. The Hall–Kier alpha value is -7.77. The van der Waals surface area contributed by atoms with Gasteiger partial charge in [-0.05, 0) is 58.5 Å². The molecule has 7 unspecified atom stereocenters. The van der Waals surface area contributed by atoms with Crippen molar-refractivity contribution < 1.29 is 57.6 Å². The summed E-state index contributed by atoms with van der Waals surface area (Å²) in [6.45, 7) is 7.07. The van der Waals surface area contributed by atoms with Crippen LogP contribution in [0.4, 0.5) is 10.5 Å². The Kier molecular flexibility index (Phi) is 13.9. The molecule has 0 saturated carbocycles. The fraction of sp³-hybridized carbons (Fsp3) is 0.314. The number of urea groups is 1. The number of nitrogens with zero attached hydrogens (tertiary/aromatic N) is 2. The lowest BCUT2D eigenvalue weighted by Crippen LogP contribution is -2.57. The van der Waals surface area contributed by atoms with Crippen LogP contribution in [0.2, 0.25) is 0 Å². The molecule has 3 N–H and O–H groups in total. The third kappa shape index (κ3) is 8.49. The summed E-state index contributed by atoms with van der Waals surface area (Å²) in [5, 5.41) is 16.2. The number of carbonyl (C=O) groups excluding carboxylic acids is 7. The van der Waals surface area contributed by atoms with E-state index in [9.17, 15) is 24.3 Å². The lowest BCUT2D eigenvalue weighted by Gasteiger charge is -2.46. The number of imide groups is 1. The molecule has 1 spiro atoms. The molecule has 3 aliphatic rings. The van der Waals surface area contributed by atoms with E-state index in [1.54, 1.807) is 38.1 Å². The topological polar surface area (TPSA) is 207 Å². The lowest BCUT2D eigenvalue weighted by atomic mass is 9.65. The average molecular weight is 911 g/mol. The minimum Gasteiger partial charge on any atom is -0.508 e. The number of phenolic OH excluding ortho intramolecular Hbond substituents is 1. The number of phenols is 1. The van der Waals surface area contributed by atoms with E-state index >= 15 is 14.4 Å². The highest BCUT2D eigenvalue weighted by Crippen LogP contribution is 2.66. The van der Waals surface area contributed by atoms with Crippen molar-refractivity contribution in [2.24, 2.45) is 17.8 Å². The average Bonchev–Trinajstić information content (AvgIpc) is 3.80. The number of cyclic esters (lactones) is 1. The summed E-state index contributed by atoms with van der Waals surface area (Å²) in [7, 11) is 3.42. The van der Waals surface area contributed by atoms with E-state index in [1.807, 2.05) is 53.4 Å². The van der Waals surface area contributed by atoms with Crippen LogP contribution in [-0.4, -0.2) is 91.7 Å². The standard InChI is InChI=1S/C51H50N4O12/c1-7-27-52-44(57)38-41-48(61)67-42(32-18-12-9-13-19-32)40(31-16-10-8-11-17-31)55(41)43(33-22-24-34(56)25-23-33)51(38)36-28-30(15-14-20-35(45(58)64-4)46(59)65-5)21-26-37(36)54(49(51)62)50(63)53-39(29(2)3)47(60)66-6/h7-13,16-19,21-26,28-29,35,38-43,56H,1,20,27H2,2-6H3,(H,52,57)(H,53,63). The van der Waals surface area contributed by atoms with Gasteiger partial charge in [0.05, 0.1) is 45.0 Å². The molecule has 7 rings (SSSR count). The van der Waals surface area contributed by atoms with Crippen LogP contribution in [0.5, 0.6) is 5.75 Å². The van der Waals surface area contributed by atoms with E-state index in [-0.39, 0.29) is 35.5 Å². The number of methoxy groups -OCH3 is 3. The highest BCUT2D eigenvalue weighted by Gasteiger charge is 2.75. The van der Waals surface area contributed by atoms with Crippen molar-refractivity contribution >= 4 is 47.4 Å². The van der Waals surface area contributed by atoms with Crippen LogP contribution in [0.3, 0.4) is 0 Å². The van der Waals surface area contributed by atoms with Gasteiger partial charge in [0.2, 0.25) is 11.8 Å². The van der Waals surface area contributed by atoms with E-state index in [0.717, 1.165) is 19.1 Å². The van der Waals surface area contributed by atoms with Gasteiger partial charge in [0.25, 0.3) is 0 Å². The van der Waals surface area contributed by atoms with E-state index in [1.165, 1.54) is 43.5 Å². The number of benzene rings is 4. The molecule has 0 bridgehead atoms. The van der Waals surface area contributed by atoms with Crippen LogP contribution >= 0.6 is 0 Å². The third-order valence-corrected chi connectivity index (χ3v) is 12.5. The summed E-state index contributed by atoms with van der Waals surface area (Å²) in [6, 6.07) is 22.9. The van der Waals surface area contributed by atoms with Crippen LogP contribution in [-0.2, 0) is 53.1 Å². The maximum Gasteiger partial charge on any atom is 0.329 e. The second kappa shape index (κ2) is 19.8.